The van der Waals surface area contributed by atoms with E-state index in [2.05, 4.69) is 5.32 Å². The molecule has 5 nitrogen and oxygen atoms in total. The highest BCUT2D eigenvalue weighted by Gasteiger charge is 2.27. The summed E-state index contributed by atoms with van der Waals surface area (Å²) >= 11 is 0. The molecule has 0 saturated carbocycles. The maximum atomic E-state index is 13.5. The van der Waals surface area contributed by atoms with Gasteiger partial charge in [-0.2, -0.15) is 4.31 Å². The van der Waals surface area contributed by atoms with Gasteiger partial charge in [0.15, 0.2) is 0 Å². The van der Waals surface area contributed by atoms with Crippen LogP contribution >= 0.6 is 0 Å². The first-order chi connectivity index (χ1) is 15.5. The zero-order chi connectivity index (χ0) is 22.6. The molecule has 0 bridgehead atoms. The molecule has 0 atom stereocenters. The second kappa shape index (κ2) is 9.67. The third-order valence-electron chi connectivity index (χ3n) is 5.95. The Labute approximate surface area is 190 Å². The van der Waals surface area contributed by atoms with Crippen molar-refractivity contribution in [3.63, 3.8) is 0 Å². The van der Waals surface area contributed by atoms with Crippen molar-refractivity contribution >= 4 is 21.6 Å². The highest BCUT2D eigenvalue weighted by molar-refractivity contribution is 7.89. The van der Waals surface area contributed by atoms with Crippen molar-refractivity contribution in [3.05, 3.63) is 95.6 Å². The Hall–Kier alpha value is -2.96. The lowest BCUT2D eigenvalue weighted by atomic mass is 9.90. The van der Waals surface area contributed by atoms with Crippen LogP contribution in [0, 0.1) is 6.92 Å². The van der Waals surface area contributed by atoms with E-state index in [1.807, 2.05) is 67.6 Å². The summed E-state index contributed by atoms with van der Waals surface area (Å²) in [5.41, 5.74) is 3.10. The monoisotopic (exact) mass is 448 g/mol. The molecule has 0 spiro atoms. The predicted molar refractivity (Wildman–Crippen MR) is 127 cm³/mol. The first kappa shape index (κ1) is 22.2. The van der Waals surface area contributed by atoms with Gasteiger partial charge >= 0.3 is 0 Å². The standard InChI is InChI=1S/C26H28N2O3S/c1-20-15-16-23(32(30,31)28-17-9-4-10-18-28)19-24(20)27-26(29)25(21-11-5-2-6-12-21)22-13-7-3-8-14-22/h2-3,5-8,11-16,19,25H,4,9-10,17-18H2,1H3,(H,27,29). The van der Waals surface area contributed by atoms with Crippen molar-refractivity contribution in [2.75, 3.05) is 18.4 Å². The Morgan fingerprint density at radius 2 is 1.41 bits per heavy atom. The van der Waals surface area contributed by atoms with Crippen LogP contribution in [0.2, 0.25) is 0 Å². The van der Waals surface area contributed by atoms with E-state index in [1.54, 1.807) is 22.5 Å². The van der Waals surface area contributed by atoms with Crippen LogP contribution in [0.25, 0.3) is 0 Å². The molecule has 3 aromatic rings. The summed E-state index contributed by atoms with van der Waals surface area (Å²) in [5.74, 6) is -0.697. The number of nitrogens with zero attached hydrogens (tertiary/aromatic N) is 1. The van der Waals surface area contributed by atoms with Gasteiger partial charge in [-0.1, -0.05) is 73.2 Å². The van der Waals surface area contributed by atoms with E-state index in [0.29, 0.717) is 18.8 Å². The van der Waals surface area contributed by atoms with Gasteiger partial charge in [-0.15, -0.1) is 0 Å². The Morgan fingerprint density at radius 1 is 0.844 bits per heavy atom. The van der Waals surface area contributed by atoms with Gasteiger partial charge in [0, 0.05) is 18.8 Å². The Kier molecular flexibility index (Phi) is 6.72. The molecule has 0 aliphatic carbocycles. The van der Waals surface area contributed by atoms with Crippen molar-refractivity contribution in [1.29, 1.82) is 0 Å². The number of carbonyl (C=O) groups excluding carboxylic acids is 1. The number of aryl methyl sites for hydroxylation is 1. The molecule has 32 heavy (non-hydrogen) atoms. The van der Waals surface area contributed by atoms with Crippen molar-refractivity contribution in [2.24, 2.45) is 0 Å². The van der Waals surface area contributed by atoms with E-state index < -0.39 is 15.9 Å². The van der Waals surface area contributed by atoms with Crippen LogP contribution in [-0.2, 0) is 14.8 Å². The summed E-state index contributed by atoms with van der Waals surface area (Å²) < 4.78 is 27.8. The number of nitrogens with one attached hydrogen (secondary N) is 1. The second-order valence-corrected chi connectivity index (χ2v) is 10.1. The van der Waals surface area contributed by atoms with Crippen LogP contribution in [0.1, 0.15) is 41.9 Å². The average Bonchev–Trinajstić information content (AvgIpc) is 2.82. The molecule has 1 fully saturated rings. The third kappa shape index (κ3) is 4.76. The molecule has 166 valence electrons. The Balaban J connectivity index is 1.65. The van der Waals surface area contributed by atoms with E-state index >= 15 is 0 Å². The number of amides is 1. The summed E-state index contributed by atoms with van der Waals surface area (Å²) in [4.78, 5) is 13.7. The van der Waals surface area contributed by atoms with Crippen molar-refractivity contribution in [3.8, 4) is 0 Å². The van der Waals surface area contributed by atoms with Gasteiger partial charge in [0.1, 0.15) is 0 Å². The zero-order valence-electron chi connectivity index (χ0n) is 18.2. The zero-order valence-corrected chi connectivity index (χ0v) is 19.0. The van der Waals surface area contributed by atoms with Crippen LogP contribution in [0.15, 0.2) is 83.8 Å². The van der Waals surface area contributed by atoms with Gasteiger partial charge in [0.25, 0.3) is 0 Å². The van der Waals surface area contributed by atoms with Gasteiger partial charge in [-0.3, -0.25) is 4.79 Å². The van der Waals surface area contributed by atoms with Crippen molar-refractivity contribution < 1.29 is 13.2 Å². The van der Waals surface area contributed by atoms with Gasteiger partial charge in [-0.25, -0.2) is 8.42 Å². The topological polar surface area (TPSA) is 66.5 Å². The lowest BCUT2D eigenvalue weighted by Gasteiger charge is -2.26. The fourth-order valence-electron chi connectivity index (χ4n) is 4.14. The van der Waals surface area contributed by atoms with Crippen molar-refractivity contribution in [1.82, 2.24) is 4.31 Å². The summed E-state index contributed by atoms with van der Waals surface area (Å²) in [6, 6.07) is 24.2. The van der Waals surface area contributed by atoms with Gasteiger partial charge in [0.05, 0.1) is 10.8 Å². The fourth-order valence-corrected chi connectivity index (χ4v) is 5.69. The number of benzene rings is 3. The molecule has 1 N–H and O–H groups in total. The lowest BCUT2D eigenvalue weighted by molar-refractivity contribution is -0.116. The highest BCUT2D eigenvalue weighted by Crippen LogP contribution is 2.29. The summed E-state index contributed by atoms with van der Waals surface area (Å²) in [5, 5.41) is 3.00. The molecule has 0 radical (unpaired) electrons. The van der Waals surface area contributed by atoms with E-state index in [0.717, 1.165) is 36.0 Å². The minimum Gasteiger partial charge on any atom is -0.325 e. The minimum absolute atomic E-state index is 0.196. The van der Waals surface area contributed by atoms with Crippen LogP contribution < -0.4 is 5.32 Å². The van der Waals surface area contributed by atoms with Crippen LogP contribution in [0.4, 0.5) is 5.69 Å². The number of sulfonamides is 1. The normalized spacial score (nSPS) is 14.9. The number of carbonyl (C=O) groups is 1. The largest absolute Gasteiger partial charge is 0.325 e. The van der Waals surface area contributed by atoms with Crippen LogP contribution in [-0.4, -0.2) is 31.7 Å². The number of anilines is 1. The molecule has 6 heteroatoms. The minimum atomic E-state index is -3.58. The van der Waals surface area contributed by atoms with Crippen LogP contribution in [0.5, 0.6) is 0 Å². The molecule has 0 aromatic heterocycles. The van der Waals surface area contributed by atoms with Gasteiger partial charge in [-0.05, 0) is 48.6 Å². The smallest absolute Gasteiger partial charge is 0.243 e. The molecule has 4 rings (SSSR count). The molecule has 1 aliphatic heterocycles. The van der Waals surface area contributed by atoms with E-state index in [1.165, 1.54) is 0 Å². The molecular weight excluding hydrogens is 420 g/mol. The van der Waals surface area contributed by atoms with Crippen LogP contribution in [0.3, 0.4) is 0 Å². The Morgan fingerprint density at radius 3 is 1.97 bits per heavy atom. The number of piperidine rings is 1. The second-order valence-electron chi connectivity index (χ2n) is 8.19. The average molecular weight is 449 g/mol. The fraction of sp³-hybridized carbons (Fsp3) is 0.269. The van der Waals surface area contributed by atoms with E-state index in [9.17, 15) is 13.2 Å². The molecule has 1 saturated heterocycles. The molecule has 1 amide bonds. The molecular formula is C26H28N2O3S. The van der Waals surface area contributed by atoms with Gasteiger partial charge in [0.2, 0.25) is 15.9 Å². The first-order valence-electron chi connectivity index (χ1n) is 11.0. The summed E-state index contributed by atoms with van der Waals surface area (Å²) in [6.07, 6.45) is 2.82. The maximum Gasteiger partial charge on any atom is 0.243 e. The first-order valence-corrected chi connectivity index (χ1v) is 12.4. The molecule has 3 aromatic carbocycles. The summed E-state index contributed by atoms with van der Waals surface area (Å²) in [6.45, 7) is 2.96. The Bertz CT molecular complexity index is 1130. The van der Waals surface area contributed by atoms with Gasteiger partial charge < -0.3 is 5.32 Å². The molecule has 1 aliphatic rings. The predicted octanol–water partition coefficient (Wildman–Crippen LogP) is 4.94. The number of hydrogen-bond donors (Lipinski definition) is 1. The summed E-state index contributed by atoms with van der Waals surface area (Å²) in [7, 11) is -3.58. The quantitative estimate of drug-likeness (QED) is 0.581. The molecule has 0 unspecified atom stereocenters. The SMILES string of the molecule is Cc1ccc(S(=O)(=O)N2CCCCC2)cc1NC(=O)C(c1ccccc1)c1ccccc1. The number of rotatable bonds is 6. The lowest BCUT2D eigenvalue weighted by Crippen LogP contribution is -2.35. The number of hydrogen-bond acceptors (Lipinski definition) is 3. The van der Waals surface area contributed by atoms with E-state index in [-0.39, 0.29) is 10.8 Å². The third-order valence-corrected chi connectivity index (χ3v) is 7.84. The van der Waals surface area contributed by atoms with E-state index in [4.69, 9.17) is 0 Å². The maximum absolute atomic E-state index is 13.5. The van der Waals surface area contributed by atoms with Crippen molar-refractivity contribution in [2.45, 2.75) is 37.0 Å². The molecule has 1 heterocycles. The highest BCUT2D eigenvalue weighted by atomic mass is 32.2.